The summed E-state index contributed by atoms with van der Waals surface area (Å²) in [7, 11) is 0. The maximum Gasteiger partial charge on any atom is 0.241 e. The number of alkyl halides is 1. The van der Waals surface area contributed by atoms with Crippen LogP contribution in [0.1, 0.15) is 25.6 Å². The molecule has 0 fully saturated rings. The summed E-state index contributed by atoms with van der Waals surface area (Å²) in [6.07, 6.45) is 0.674. The lowest BCUT2D eigenvalue weighted by atomic mass is 10.2. The summed E-state index contributed by atoms with van der Waals surface area (Å²) in [5.41, 5.74) is 0. The average molecular weight is 219 g/mol. The Hall–Kier alpha value is -0.610. The number of hydrogen-bond donors (Lipinski definition) is 0. The van der Waals surface area contributed by atoms with Gasteiger partial charge in [0.1, 0.15) is 5.88 Å². The molecular weight excluding hydrogens is 204 g/mol. The van der Waals surface area contributed by atoms with Crippen LogP contribution < -0.4 is 0 Å². The lowest BCUT2D eigenvalue weighted by Crippen LogP contribution is -2.05. The molecule has 0 atom stereocenters. The fraction of sp³-hybridized carbons (Fsp3) is 0.778. The standard InChI is InChI=1S/C9H15ClN2O2/c1-7(2)6-13-4-3-8-11-9(5-10)14-12-8/h7H,3-6H2,1-2H3. The molecule has 80 valence electrons. The van der Waals surface area contributed by atoms with Crippen molar-refractivity contribution in [3.63, 3.8) is 0 Å². The molecule has 0 aliphatic rings. The molecule has 4 nitrogen and oxygen atoms in total. The second kappa shape index (κ2) is 5.98. The quantitative estimate of drug-likeness (QED) is 0.542. The van der Waals surface area contributed by atoms with E-state index in [1.165, 1.54) is 0 Å². The molecule has 0 amide bonds. The molecule has 0 unspecified atom stereocenters. The minimum atomic E-state index is 0.264. The Balaban J connectivity index is 2.18. The van der Waals surface area contributed by atoms with Gasteiger partial charge in [-0.1, -0.05) is 19.0 Å². The van der Waals surface area contributed by atoms with Gasteiger partial charge in [0.25, 0.3) is 0 Å². The van der Waals surface area contributed by atoms with E-state index >= 15 is 0 Å². The Labute approximate surface area is 88.6 Å². The van der Waals surface area contributed by atoms with Crippen molar-refractivity contribution in [1.29, 1.82) is 0 Å². The third-order valence-electron chi connectivity index (χ3n) is 1.55. The second-order valence-electron chi connectivity index (χ2n) is 3.46. The van der Waals surface area contributed by atoms with Crippen molar-refractivity contribution in [3.05, 3.63) is 11.7 Å². The maximum absolute atomic E-state index is 5.52. The molecule has 0 aliphatic carbocycles. The molecule has 0 bridgehead atoms. The smallest absolute Gasteiger partial charge is 0.241 e. The van der Waals surface area contributed by atoms with Gasteiger partial charge >= 0.3 is 0 Å². The number of halogens is 1. The molecule has 1 rings (SSSR count). The van der Waals surface area contributed by atoms with Gasteiger partial charge in [-0.3, -0.25) is 0 Å². The molecule has 1 heterocycles. The van der Waals surface area contributed by atoms with Gasteiger partial charge < -0.3 is 9.26 Å². The van der Waals surface area contributed by atoms with Gasteiger partial charge in [0.15, 0.2) is 5.82 Å². The molecule has 5 heteroatoms. The summed E-state index contributed by atoms with van der Waals surface area (Å²) in [6.45, 7) is 5.61. The first-order valence-corrected chi connectivity index (χ1v) is 5.21. The summed E-state index contributed by atoms with van der Waals surface area (Å²) in [5.74, 6) is 1.94. The predicted octanol–water partition coefficient (Wildman–Crippen LogP) is 2.02. The van der Waals surface area contributed by atoms with E-state index < -0.39 is 0 Å². The molecule has 1 aromatic heterocycles. The van der Waals surface area contributed by atoms with E-state index in [1.54, 1.807) is 0 Å². The minimum Gasteiger partial charge on any atom is -0.381 e. The van der Waals surface area contributed by atoms with Crippen LogP contribution in [0.25, 0.3) is 0 Å². The van der Waals surface area contributed by atoms with Gasteiger partial charge in [0.2, 0.25) is 5.89 Å². The van der Waals surface area contributed by atoms with Gasteiger partial charge in [-0.15, -0.1) is 11.6 Å². The van der Waals surface area contributed by atoms with Crippen LogP contribution in [0, 0.1) is 5.92 Å². The molecule has 0 saturated carbocycles. The first-order valence-electron chi connectivity index (χ1n) is 4.67. The van der Waals surface area contributed by atoms with Crippen molar-refractivity contribution in [1.82, 2.24) is 10.1 Å². The average Bonchev–Trinajstić information content (AvgIpc) is 2.60. The van der Waals surface area contributed by atoms with E-state index in [1.807, 2.05) is 0 Å². The zero-order chi connectivity index (χ0) is 10.4. The third kappa shape index (κ3) is 4.07. The van der Waals surface area contributed by atoms with E-state index in [0.29, 0.717) is 30.7 Å². The summed E-state index contributed by atoms with van der Waals surface area (Å²) in [5, 5.41) is 3.75. The molecule has 0 aliphatic heterocycles. The van der Waals surface area contributed by atoms with Crippen LogP contribution in [-0.2, 0) is 17.0 Å². The normalized spacial score (nSPS) is 11.1. The van der Waals surface area contributed by atoms with Crippen molar-refractivity contribution in [3.8, 4) is 0 Å². The summed E-state index contributed by atoms with van der Waals surface area (Å²) < 4.78 is 10.2. The van der Waals surface area contributed by atoms with Gasteiger partial charge in [-0.25, -0.2) is 0 Å². The van der Waals surface area contributed by atoms with Crippen LogP contribution in [0.5, 0.6) is 0 Å². The van der Waals surface area contributed by atoms with Crippen molar-refractivity contribution in [2.75, 3.05) is 13.2 Å². The zero-order valence-corrected chi connectivity index (χ0v) is 9.25. The van der Waals surface area contributed by atoms with E-state index in [2.05, 4.69) is 24.0 Å². The molecule has 0 saturated heterocycles. The Bertz CT molecular complexity index is 263. The summed E-state index contributed by atoms with van der Waals surface area (Å²) in [4.78, 5) is 4.06. The van der Waals surface area contributed by atoms with Crippen LogP contribution in [0.2, 0.25) is 0 Å². The highest BCUT2D eigenvalue weighted by Gasteiger charge is 2.04. The number of aromatic nitrogens is 2. The van der Waals surface area contributed by atoms with Gasteiger partial charge in [-0.2, -0.15) is 4.98 Å². The van der Waals surface area contributed by atoms with Crippen molar-refractivity contribution < 1.29 is 9.26 Å². The monoisotopic (exact) mass is 218 g/mol. The van der Waals surface area contributed by atoms with E-state index in [-0.39, 0.29) is 5.88 Å². The third-order valence-corrected chi connectivity index (χ3v) is 1.77. The molecular formula is C9H15ClN2O2. The minimum absolute atomic E-state index is 0.264. The highest BCUT2D eigenvalue weighted by Crippen LogP contribution is 2.01. The highest BCUT2D eigenvalue weighted by atomic mass is 35.5. The number of ether oxygens (including phenoxy) is 1. The molecule has 14 heavy (non-hydrogen) atoms. The zero-order valence-electron chi connectivity index (χ0n) is 8.49. The van der Waals surface area contributed by atoms with E-state index in [0.717, 1.165) is 6.61 Å². The fourth-order valence-corrected chi connectivity index (χ4v) is 1.04. The Morgan fingerprint density at radius 3 is 2.86 bits per heavy atom. The first kappa shape index (κ1) is 11.5. The number of hydrogen-bond acceptors (Lipinski definition) is 4. The number of nitrogens with zero attached hydrogens (tertiary/aromatic N) is 2. The van der Waals surface area contributed by atoms with Gasteiger partial charge in [0.05, 0.1) is 6.61 Å². The molecule has 0 spiro atoms. The number of rotatable bonds is 6. The van der Waals surface area contributed by atoms with Crippen LogP contribution >= 0.6 is 11.6 Å². The summed E-state index contributed by atoms with van der Waals surface area (Å²) in [6, 6.07) is 0. The van der Waals surface area contributed by atoms with Crippen LogP contribution in [0.4, 0.5) is 0 Å². The predicted molar refractivity (Wildman–Crippen MR) is 53.2 cm³/mol. The molecule has 0 N–H and O–H groups in total. The lowest BCUT2D eigenvalue weighted by Gasteiger charge is -2.04. The topological polar surface area (TPSA) is 48.2 Å². The van der Waals surface area contributed by atoms with Crippen molar-refractivity contribution in [2.45, 2.75) is 26.1 Å². The Morgan fingerprint density at radius 1 is 1.50 bits per heavy atom. The second-order valence-corrected chi connectivity index (χ2v) is 3.72. The Kier molecular flexibility index (Phi) is 4.90. The van der Waals surface area contributed by atoms with Crippen LogP contribution in [0.3, 0.4) is 0 Å². The summed E-state index contributed by atoms with van der Waals surface area (Å²) >= 11 is 5.52. The van der Waals surface area contributed by atoms with Crippen LogP contribution in [0.15, 0.2) is 4.52 Å². The van der Waals surface area contributed by atoms with Crippen molar-refractivity contribution >= 4 is 11.6 Å². The van der Waals surface area contributed by atoms with E-state index in [9.17, 15) is 0 Å². The van der Waals surface area contributed by atoms with Crippen LogP contribution in [-0.4, -0.2) is 23.4 Å². The van der Waals surface area contributed by atoms with E-state index in [4.69, 9.17) is 20.9 Å². The van der Waals surface area contributed by atoms with Gasteiger partial charge in [0, 0.05) is 13.0 Å². The maximum atomic E-state index is 5.52. The highest BCUT2D eigenvalue weighted by molar-refractivity contribution is 6.16. The molecule has 1 aromatic rings. The Morgan fingerprint density at radius 2 is 2.29 bits per heavy atom. The lowest BCUT2D eigenvalue weighted by molar-refractivity contribution is 0.111. The van der Waals surface area contributed by atoms with Gasteiger partial charge in [-0.05, 0) is 5.92 Å². The SMILES string of the molecule is CC(C)COCCc1noc(CCl)n1. The molecule has 0 aromatic carbocycles. The fourth-order valence-electron chi connectivity index (χ4n) is 0.928. The first-order chi connectivity index (χ1) is 6.72. The molecule has 0 radical (unpaired) electrons. The van der Waals surface area contributed by atoms with Crippen molar-refractivity contribution in [2.24, 2.45) is 5.92 Å². The largest absolute Gasteiger partial charge is 0.381 e.